The van der Waals surface area contributed by atoms with Gasteiger partial charge in [0.25, 0.3) is 0 Å². The van der Waals surface area contributed by atoms with Gasteiger partial charge in [0.1, 0.15) is 5.75 Å². The van der Waals surface area contributed by atoms with Gasteiger partial charge in [-0.3, -0.25) is 0 Å². The lowest BCUT2D eigenvalue weighted by Gasteiger charge is -2.24. The molecular weight excluding hydrogens is 318 g/mol. The summed E-state index contributed by atoms with van der Waals surface area (Å²) in [5.41, 5.74) is 9.17. The first-order valence-electron chi connectivity index (χ1n) is 9.68. The van der Waals surface area contributed by atoms with Crippen molar-refractivity contribution < 1.29 is 4.74 Å². The Kier molecular flexibility index (Phi) is 8.43. The zero-order chi connectivity index (χ0) is 18.8. The Balaban J connectivity index is 1.90. The number of ether oxygens (including phenoxy) is 1. The lowest BCUT2D eigenvalue weighted by molar-refractivity contribution is 0.336. The number of rotatable bonds is 10. The van der Waals surface area contributed by atoms with Crippen LogP contribution < -0.4 is 10.5 Å². The van der Waals surface area contributed by atoms with Crippen molar-refractivity contribution in [2.45, 2.75) is 45.6 Å². The van der Waals surface area contributed by atoms with Gasteiger partial charge in [-0.1, -0.05) is 68.5 Å². The van der Waals surface area contributed by atoms with E-state index in [2.05, 4.69) is 62.4 Å². The van der Waals surface area contributed by atoms with E-state index in [-0.39, 0.29) is 6.04 Å². The van der Waals surface area contributed by atoms with Gasteiger partial charge in [0.2, 0.25) is 0 Å². The molecule has 2 heteroatoms. The molecule has 0 saturated heterocycles. The molecule has 0 aliphatic carbocycles. The lowest BCUT2D eigenvalue weighted by Crippen LogP contribution is -2.31. The Morgan fingerprint density at radius 1 is 1.00 bits per heavy atom. The second-order valence-corrected chi connectivity index (χ2v) is 7.49. The van der Waals surface area contributed by atoms with Gasteiger partial charge >= 0.3 is 0 Å². The van der Waals surface area contributed by atoms with E-state index in [1.54, 1.807) is 7.11 Å². The third kappa shape index (κ3) is 7.05. The zero-order valence-electron chi connectivity index (χ0n) is 16.4. The van der Waals surface area contributed by atoms with Crippen molar-refractivity contribution in [3.8, 4) is 5.75 Å². The zero-order valence-corrected chi connectivity index (χ0v) is 16.4. The standard InChI is InChI=1S/C24H33NO/c1-19(2)18-22(11-7-10-20-8-5-4-6-9-20)24(25)17-14-21-12-15-23(26-3)16-13-21/h4-10,12-13,15-16,19,22,24H,11,14,17-18,25H2,1-3H3. The van der Waals surface area contributed by atoms with Crippen LogP contribution in [0.2, 0.25) is 0 Å². The molecule has 0 bridgehead atoms. The Morgan fingerprint density at radius 2 is 1.69 bits per heavy atom. The van der Waals surface area contributed by atoms with Gasteiger partial charge in [-0.2, -0.15) is 0 Å². The molecule has 2 N–H and O–H groups in total. The predicted molar refractivity (Wildman–Crippen MR) is 112 cm³/mol. The fraction of sp³-hybridized carbons (Fsp3) is 0.417. The number of nitrogens with two attached hydrogens (primary N) is 1. The quantitative estimate of drug-likeness (QED) is 0.594. The molecule has 2 aromatic carbocycles. The number of hydrogen-bond donors (Lipinski definition) is 1. The first-order chi connectivity index (χ1) is 12.6. The Hall–Kier alpha value is -2.06. The fourth-order valence-corrected chi connectivity index (χ4v) is 3.36. The van der Waals surface area contributed by atoms with Crippen LogP contribution in [0.15, 0.2) is 60.7 Å². The molecule has 0 radical (unpaired) electrons. The van der Waals surface area contributed by atoms with Gasteiger partial charge in [-0.25, -0.2) is 0 Å². The normalized spacial score (nSPS) is 13.9. The summed E-state index contributed by atoms with van der Waals surface area (Å²) in [5, 5.41) is 0. The van der Waals surface area contributed by atoms with Gasteiger partial charge in [-0.05, 0) is 60.8 Å². The lowest BCUT2D eigenvalue weighted by atomic mass is 9.85. The molecule has 0 spiro atoms. The molecule has 0 amide bonds. The summed E-state index contributed by atoms with van der Waals surface area (Å²) >= 11 is 0. The van der Waals surface area contributed by atoms with Gasteiger partial charge in [0.15, 0.2) is 0 Å². The van der Waals surface area contributed by atoms with Crippen molar-refractivity contribution in [1.82, 2.24) is 0 Å². The van der Waals surface area contributed by atoms with E-state index >= 15 is 0 Å². The van der Waals surface area contributed by atoms with Crippen LogP contribution in [0.25, 0.3) is 6.08 Å². The van der Waals surface area contributed by atoms with Gasteiger partial charge < -0.3 is 10.5 Å². The van der Waals surface area contributed by atoms with Crippen LogP contribution in [0.3, 0.4) is 0 Å². The van der Waals surface area contributed by atoms with Crippen LogP contribution in [-0.2, 0) is 6.42 Å². The molecule has 0 aliphatic rings. The van der Waals surface area contributed by atoms with E-state index in [0.29, 0.717) is 11.8 Å². The molecule has 2 aromatic rings. The summed E-state index contributed by atoms with van der Waals surface area (Å²) in [7, 11) is 1.70. The second kappa shape index (κ2) is 10.8. The highest BCUT2D eigenvalue weighted by Crippen LogP contribution is 2.23. The number of allylic oxidation sites excluding steroid dienone is 1. The van der Waals surface area contributed by atoms with Crippen molar-refractivity contribution in [2.24, 2.45) is 17.6 Å². The Bertz CT molecular complexity index is 646. The van der Waals surface area contributed by atoms with E-state index in [1.807, 2.05) is 18.2 Å². The highest BCUT2D eigenvalue weighted by molar-refractivity contribution is 5.48. The predicted octanol–water partition coefficient (Wildman–Crippen LogP) is 5.72. The topological polar surface area (TPSA) is 35.2 Å². The summed E-state index contributed by atoms with van der Waals surface area (Å²) in [6.07, 6.45) is 8.74. The van der Waals surface area contributed by atoms with Crippen molar-refractivity contribution >= 4 is 6.08 Å². The van der Waals surface area contributed by atoms with E-state index in [4.69, 9.17) is 10.5 Å². The van der Waals surface area contributed by atoms with Gasteiger partial charge in [-0.15, -0.1) is 0 Å². The second-order valence-electron chi connectivity index (χ2n) is 7.49. The van der Waals surface area contributed by atoms with Crippen molar-refractivity contribution in [2.75, 3.05) is 7.11 Å². The van der Waals surface area contributed by atoms with Crippen molar-refractivity contribution in [1.29, 1.82) is 0 Å². The van der Waals surface area contributed by atoms with Gasteiger partial charge in [0, 0.05) is 6.04 Å². The minimum absolute atomic E-state index is 0.222. The molecule has 0 aromatic heterocycles. The van der Waals surface area contributed by atoms with Crippen LogP contribution >= 0.6 is 0 Å². The van der Waals surface area contributed by atoms with Crippen LogP contribution in [0.1, 0.15) is 44.2 Å². The Labute approximate surface area is 159 Å². The third-order valence-corrected chi connectivity index (χ3v) is 4.85. The minimum atomic E-state index is 0.222. The molecule has 2 unspecified atom stereocenters. The van der Waals surface area contributed by atoms with Crippen LogP contribution in [0, 0.1) is 11.8 Å². The summed E-state index contributed by atoms with van der Waals surface area (Å²) in [4.78, 5) is 0. The summed E-state index contributed by atoms with van der Waals surface area (Å²) < 4.78 is 5.23. The molecular formula is C24H33NO. The molecule has 0 saturated carbocycles. The maximum atomic E-state index is 6.59. The average molecular weight is 352 g/mol. The van der Waals surface area contributed by atoms with E-state index in [9.17, 15) is 0 Å². The fourth-order valence-electron chi connectivity index (χ4n) is 3.36. The summed E-state index contributed by atoms with van der Waals surface area (Å²) in [6, 6.07) is 19.0. The number of hydrogen-bond acceptors (Lipinski definition) is 2. The van der Waals surface area contributed by atoms with Crippen LogP contribution in [0.4, 0.5) is 0 Å². The number of benzene rings is 2. The minimum Gasteiger partial charge on any atom is -0.497 e. The van der Waals surface area contributed by atoms with E-state index < -0.39 is 0 Å². The van der Waals surface area contributed by atoms with Gasteiger partial charge in [0.05, 0.1) is 7.11 Å². The maximum Gasteiger partial charge on any atom is 0.118 e. The highest BCUT2D eigenvalue weighted by atomic mass is 16.5. The van der Waals surface area contributed by atoms with Crippen LogP contribution in [-0.4, -0.2) is 13.2 Å². The first-order valence-corrected chi connectivity index (χ1v) is 9.68. The highest BCUT2D eigenvalue weighted by Gasteiger charge is 2.18. The largest absolute Gasteiger partial charge is 0.497 e. The van der Waals surface area contributed by atoms with Crippen LogP contribution in [0.5, 0.6) is 5.75 Å². The number of aryl methyl sites for hydroxylation is 1. The third-order valence-electron chi connectivity index (χ3n) is 4.85. The molecule has 2 rings (SSSR count). The van der Waals surface area contributed by atoms with E-state index in [0.717, 1.165) is 25.0 Å². The molecule has 0 fully saturated rings. The van der Waals surface area contributed by atoms with E-state index in [1.165, 1.54) is 17.5 Å². The molecule has 140 valence electrons. The van der Waals surface area contributed by atoms with Crippen molar-refractivity contribution in [3.05, 3.63) is 71.8 Å². The summed E-state index contributed by atoms with van der Waals surface area (Å²) in [5.74, 6) is 2.09. The molecule has 0 heterocycles. The monoisotopic (exact) mass is 351 g/mol. The number of methoxy groups -OCH3 is 1. The smallest absolute Gasteiger partial charge is 0.118 e. The SMILES string of the molecule is COc1ccc(CCC(N)C(CC=Cc2ccccc2)CC(C)C)cc1. The molecule has 0 aliphatic heterocycles. The molecule has 2 nitrogen and oxygen atoms in total. The first kappa shape index (κ1) is 20.3. The summed E-state index contributed by atoms with van der Waals surface area (Å²) in [6.45, 7) is 4.56. The molecule has 26 heavy (non-hydrogen) atoms. The van der Waals surface area contributed by atoms with Crippen molar-refractivity contribution in [3.63, 3.8) is 0 Å². The molecule has 2 atom stereocenters. The maximum absolute atomic E-state index is 6.59. The average Bonchev–Trinajstić information content (AvgIpc) is 2.66. The Morgan fingerprint density at radius 3 is 2.31 bits per heavy atom.